The molecule has 6 aromatic heterocycles. The highest BCUT2D eigenvalue weighted by molar-refractivity contribution is 7.93. The lowest BCUT2D eigenvalue weighted by molar-refractivity contribution is -0.123. The minimum Gasteiger partial charge on any atom is -0.344 e. The summed E-state index contributed by atoms with van der Waals surface area (Å²) in [6, 6.07) is 16.0. The van der Waals surface area contributed by atoms with Crippen LogP contribution in [0.1, 0.15) is 172 Å². The molecule has 666 valence electrons. The van der Waals surface area contributed by atoms with Crippen LogP contribution in [0, 0.1) is 35.1 Å². The van der Waals surface area contributed by atoms with Crippen molar-refractivity contribution in [3.63, 3.8) is 0 Å². The van der Waals surface area contributed by atoms with Crippen LogP contribution in [-0.4, -0.2) is 111 Å². The quantitative estimate of drug-likeness (QED) is 0.0387. The first-order valence-corrected chi connectivity index (χ1v) is 43.3. The van der Waals surface area contributed by atoms with Gasteiger partial charge in [0.1, 0.15) is 83.9 Å². The summed E-state index contributed by atoms with van der Waals surface area (Å²) in [5, 5.41) is 19.3. The Morgan fingerprint density at radius 1 is 0.516 bits per heavy atom. The summed E-state index contributed by atoms with van der Waals surface area (Å²) in [6.45, 7) is 6.96. The molecule has 2 amide bonds. The number of hydrogen-bond acceptors (Lipinski definition) is 14. The Bertz CT molecular complexity index is 6860. The Hall–Kier alpha value is -11.1. The fourth-order valence-electron chi connectivity index (χ4n) is 16.8. The van der Waals surface area contributed by atoms with Crippen molar-refractivity contribution in [2.75, 3.05) is 15.7 Å². The second-order valence-electron chi connectivity index (χ2n) is 33.9. The fourth-order valence-corrected chi connectivity index (χ4v) is 19.2. The number of aromatic nitrogens is 12. The number of nitrogens with zero attached hydrogens (tertiary/aromatic N) is 12. The number of rotatable bonds is 25. The van der Waals surface area contributed by atoms with Crippen LogP contribution < -0.4 is 31.2 Å². The van der Waals surface area contributed by atoms with E-state index >= 15 is 22.4 Å². The summed E-state index contributed by atoms with van der Waals surface area (Å²) in [6.07, 6.45) is -12.3. The lowest BCUT2D eigenvalue weighted by atomic mass is 9.86. The van der Waals surface area contributed by atoms with E-state index in [1.165, 1.54) is 36.4 Å². The number of carbonyl (C=O) groups excluding carboxylic acids is 2. The van der Waals surface area contributed by atoms with Crippen LogP contribution in [0.5, 0.6) is 0 Å². The molecule has 0 radical (unpaired) electrons. The number of amides is 2. The van der Waals surface area contributed by atoms with Crippen LogP contribution in [0.3, 0.4) is 0 Å². The molecule has 0 aliphatic heterocycles. The monoisotopic (exact) mass is 1850 g/mol. The Balaban J connectivity index is 0.000000186. The van der Waals surface area contributed by atoms with Gasteiger partial charge in [-0.05, 0) is 143 Å². The number of benzene rings is 6. The first-order chi connectivity index (χ1) is 58.9. The van der Waals surface area contributed by atoms with Gasteiger partial charge >= 0.3 is 0 Å². The molecular formula is C82H72Cl2F16N16O8S2. The van der Waals surface area contributed by atoms with Crippen LogP contribution >= 0.6 is 23.2 Å². The maximum atomic E-state index is 15.5. The molecule has 17 rings (SSSR count). The van der Waals surface area contributed by atoms with Crippen LogP contribution in [0.25, 0.3) is 55.0 Å². The number of carbonyl (C=O) groups is 2. The molecule has 0 bridgehead atoms. The van der Waals surface area contributed by atoms with Crippen LogP contribution in [0.15, 0.2) is 107 Å². The van der Waals surface area contributed by atoms with Gasteiger partial charge in [-0.2, -0.15) is 38.0 Å². The van der Waals surface area contributed by atoms with Crippen molar-refractivity contribution in [1.29, 1.82) is 0 Å². The minimum atomic E-state index is -4.11. The zero-order valence-corrected chi connectivity index (χ0v) is 70.1. The zero-order chi connectivity index (χ0) is 90.9. The highest BCUT2D eigenvalue weighted by Crippen LogP contribution is 2.69. The molecule has 4 N–H and O–H groups in total. The largest absolute Gasteiger partial charge is 0.344 e. The van der Waals surface area contributed by atoms with Gasteiger partial charge in [0.25, 0.3) is 48.7 Å². The molecular weight excluding hydrogens is 1780 g/mol. The molecule has 126 heavy (non-hydrogen) atoms. The minimum absolute atomic E-state index is 0.0243. The molecule has 44 heteroatoms. The van der Waals surface area contributed by atoms with Gasteiger partial charge in [0, 0.05) is 47.9 Å². The summed E-state index contributed by atoms with van der Waals surface area (Å²) >= 11 is 13.2. The van der Waals surface area contributed by atoms with Crippen molar-refractivity contribution in [1.82, 2.24) is 68.9 Å². The van der Waals surface area contributed by atoms with Crippen molar-refractivity contribution in [2.45, 2.75) is 184 Å². The SMILES string of the molecule is CC(C)(C)c1ccc2c(=O)n(-c3ccc(Cl)c4c(NS(=O)(=O)C5CC5)nn(CC(F)F)c34)c([C@H](Cc3cc(F)cc(F)c3)NC(=O)Cn3nc(C(F)F)c4c3C(F)(F)[C@@H]3C[C@H]43)nc2c1.CC(C)(C)c1ccc2c(=O)n(-c3ccc(Cl)c4c(NS(C)(=O)=O)nn(CC(F)F)c34)c([C@H](Cc3cc(F)cc(F)c3)NC(=O)Cn3nc(C(F)F)c4c3C(F)(F)[C@@H]3C[C@H]43)nc2c1. The summed E-state index contributed by atoms with van der Waals surface area (Å²) in [5.74, 6) is -19.4. The lowest BCUT2D eigenvalue weighted by Crippen LogP contribution is -2.38. The summed E-state index contributed by atoms with van der Waals surface area (Å²) in [4.78, 5) is 67.9. The van der Waals surface area contributed by atoms with E-state index in [-0.39, 0.29) is 112 Å². The van der Waals surface area contributed by atoms with Gasteiger partial charge in [0.2, 0.25) is 31.9 Å². The van der Waals surface area contributed by atoms with Crippen molar-refractivity contribution < 1.29 is 96.7 Å². The smallest absolute Gasteiger partial charge is 0.293 e. The van der Waals surface area contributed by atoms with E-state index in [1.54, 1.807) is 24.3 Å². The van der Waals surface area contributed by atoms with E-state index in [4.69, 9.17) is 33.2 Å². The second kappa shape index (κ2) is 31.7. The van der Waals surface area contributed by atoms with E-state index in [9.17, 15) is 83.9 Å². The predicted octanol–water partition coefficient (Wildman–Crippen LogP) is 16.6. The highest BCUT2D eigenvalue weighted by atomic mass is 35.5. The van der Waals surface area contributed by atoms with Gasteiger partial charge in [-0.3, -0.25) is 56.5 Å². The second-order valence-corrected chi connectivity index (χ2v) is 38.4. The van der Waals surface area contributed by atoms with Crippen LogP contribution in [0.4, 0.5) is 81.9 Å². The predicted molar refractivity (Wildman–Crippen MR) is 430 cm³/mol. The van der Waals surface area contributed by atoms with Gasteiger partial charge in [0.15, 0.2) is 11.6 Å². The van der Waals surface area contributed by atoms with E-state index in [2.05, 4.69) is 40.5 Å². The topological polar surface area (TPSA) is 292 Å². The summed E-state index contributed by atoms with van der Waals surface area (Å²) in [7, 11) is -8.18. The van der Waals surface area contributed by atoms with Crippen molar-refractivity contribution >= 4 is 110 Å². The van der Waals surface area contributed by atoms with Crippen molar-refractivity contribution in [3.05, 3.63) is 219 Å². The fraction of sp³-hybridized carbons (Fsp3) is 0.390. The number of anilines is 2. The molecule has 0 spiro atoms. The maximum Gasteiger partial charge on any atom is 0.293 e. The normalized spacial score (nSPS) is 18.0. The molecule has 0 saturated heterocycles. The van der Waals surface area contributed by atoms with Gasteiger partial charge in [-0.15, -0.1) is 0 Å². The molecule has 6 heterocycles. The van der Waals surface area contributed by atoms with Gasteiger partial charge in [0.05, 0.1) is 88.6 Å². The molecule has 6 atom stereocenters. The number of hydrogen-bond donors (Lipinski definition) is 4. The van der Waals surface area contributed by atoms with E-state index in [0.29, 0.717) is 45.5 Å². The maximum absolute atomic E-state index is 15.5. The molecule has 12 aromatic rings. The first kappa shape index (κ1) is 88.3. The molecule has 5 aliphatic carbocycles. The van der Waals surface area contributed by atoms with Gasteiger partial charge < -0.3 is 10.6 Å². The molecule has 3 saturated carbocycles. The van der Waals surface area contributed by atoms with Gasteiger partial charge in [-0.1, -0.05) is 76.9 Å². The summed E-state index contributed by atoms with van der Waals surface area (Å²) < 4.78 is 295. The highest BCUT2D eigenvalue weighted by Gasteiger charge is 2.68. The van der Waals surface area contributed by atoms with E-state index in [1.807, 2.05) is 41.5 Å². The average molecular weight is 1850 g/mol. The Morgan fingerprint density at radius 2 is 0.889 bits per heavy atom. The number of alkyl halides is 12. The third-order valence-electron chi connectivity index (χ3n) is 22.7. The lowest BCUT2D eigenvalue weighted by Gasteiger charge is -2.25. The standard InChI is InChI=1S/C42H37ClF8N8O4S.C40H35ClF8N8O4S/c1-41(2,3)19-4-7-23-27(13-19)53-39(59(40(23)61)29-9-8-26(43)33-35(29)57(16-30(46)47)55-38(33)56-64(62,63)22-5-6-22)28(12-18-10-20(44)14-21(45)11-18)52-31(60)17-58-36-32(34(54-58)37(48)49)24-15-25(24)42(36,50)51;1-39(2,3)18-5-6-21-25(12-18)51-37(57(38(21)59)27-8-7-24(41)31-33(27)55(15-28(44)45)53-36(31)54-62(4,60)61)26(11-17-9-19(42)13-20(43)10-17)50-29(58)16-56-34-30(32(52-56)35(46)47)22-14-23(22)40(34,48)49/h4,7-11,13-14,22,24-25,28,30,37H,5-6,12,15-17H2,1-3H3,(H,52,60)(H,55,56);5-10,12-13,22-23,26,28,35H,11,14-16H2,1-4H3,(H,50,58)(H,53,54)/t24-,25+,28-;22-,23+,26-/m00/s1. The Morgan fingerprint density at radius 3 is 1.23 bits per heavy atom. The summed E-state index contributed by atoms with van der Waals surface area (Å²) in [5.41, 5.74) is -6.61. The zero-order valence-electron chi connectivity index (χ0n) is 66.9. The molecule has 5 aliphatic rings. The third kappa shape index (κ3) is 16.6. The number of nitrogens with one attached hydrogen (secondary N) is 4. The van der Waals surface area contributed by atoms with E-state index in [0.717, 1.165) is 49.0 Å². The van der Waals surface area contributed by atoms with Crippen molar-refractivity contribution in [2.24, 2.45) is 11.8 Å². The van der Waals surface area contributed by atoms with Crippen molar-refractivity contribution in [3.8, 4) is 11.4 Å². The third-order valence-corrected chi connectivity index (χ3v) is 25.7. The molecule has 0 unspecified atom stereocenters. The molecule has 6 aromatic carbocycles. The average Bonchev–Trinajstić information content (AvgIpc) is 1.52. The number of halogens is 18. The van der Waals surface area contributed by atoms with E-state index < -0.39 is 229 Å². The Kier molecular flexibility index (Phi) is 22.2. The number of sulfonamides is 2. The number of fused-ring (bicyclic) bond motifs is 10. The molecule has 24 nitrogen and oxygen atoms in total. The Labute approximate surface area is 713 Å². The first-order valence-electron chi connectivity index (χ1n) is 39.1. The van der Waals surface area contributed by atoms with Crippen LogP contribution in [0.2, 0.25) is 10.0 Å². The van der Waals surface area contributed by atoms with Gasteiger partial charge in [-0.25, -0.2) is 79.5 Å². The van der Waals surface area contributed by atoms with Crippen LogP contribution in [-0.2, 0) is 91.3 Å². The molecule has 3 fully saturated rings.